The predicted molar refractivity (Wildman–Crippen MR) is 54.8 cm³/mol. The molecule has 0 aliphatic carbocycles. The molecular weight excluding hydrogens is 141 g/mol. The summed E-state index contributed by atoms with van der Waals surface area (Å²) in [6, 6.07) is 6.04. The number of benzene rings is 1. The zero-order valence-electron chi connectivity index (χ0n) is 7.09. The van der Waals surface area contributed by atoms with Gasteiger partial charge in [0.2, 0.25) is 0 Å². The van der Waals surface area contributed by atoms with Crippen molar-refractivity contribution in [2.24, 2.45) is 0 Å². The van der Waals surface area contributed by atoms with Gasteiger partial charge in [0.15, 0.2) is 0 Å². The molecule has 0 spiro atoms. The molecule has 6 radical (unpaired) electrons. The Hall–Kier alpha value is -0.585. The van der Waals surface area contributed by atoms with Crippen molar-refractivity contribution in [3.63, 3.8) is 0 Å². The fourth-order valence-electron chi connectivity index (χ4n) is 1.19. The highest BCUT2D eigenvalue weighted by atomic mass is 14.0. The smallest absolute Gasteiger partial charge is 0.0643 e. The Morgan fingerprint density at radius 3 is 1.08 bits per heavy atom. The first-order valence-corrected chi connectivity index (χ1v) is 4.02. The molecule has 54 valence electrons. The lowest BCUT2D eigenvalue weighted by Gasteiger charge is -2.05. The molecule has 1 rings (SSSR count). The topological polar surface area (TPSA) is 0 Å². The predicted octanol–water partition coefficient (Wildman–Crippen LogP) is 0.692. The maximum atomic E-state index is 5.52. The van der Waals surface area contributed by atoms with Gasteiger partial charge < -0.3 is 0 Å². The van der Waals surface area contributed by atoms with Crippen molar-refractivity contribution in [1.29, 1.82) is 0 Å². The average molecular weight is 150 g/mol. The van der Waals surface area contributed by atoms with Gasteiger partial charge in [-0.25, -0.2) is 0 Å². The minimum atomic E-state index is 0.542. The van der Waals surface area contributed by atoms with E-state index < -0.39 is 0 Å². The summed E-state index contributed by atoms with van der Waals surface area (Å²) in [6.45, 7) is 0. The molecule has 3 heteroatoms. The second-order valence-electron chi connectivity index (χ2n) is 2.77. The zero-order chi connectivity index (χ0) is 8.97. The molecule has 0 nitrogen and oxygen atoms in total. The lowest BCUT2D eigenvalue weighted by atomic mass is 9.86. The lowest BCUT2D eigenvalue weighted by Crippen LogP contribution is -1.94. The van der Waals surface area contributed by atoms with Crippen LogP contribution in [0.3, 0.4) is 0 Å². The molecule has 0 bridgehead atoms. The highest BCUT2D eigenvalue weighted by molar-refractivity contribution is 6.10. The van der Waals surface area contributed by atoms with E-state index in [2.05, 4.69) is 0 Å². The van der Waals surface area contributed by atoms with Gasteiger partial charge in [-0.1, -0.05) is 53.8 Å². The van der Waals surface area contributed by atoms with E-state index in [9.17, 15) is 0 Å². The van der Waals surface area contributed by atoms with Gasteiger partial charge in [-0.2, -0.15) is 0 Å². The number of rotatable bonds is 3. The van der Waals surface area contributed by atoms with Gasteiger partial charge in [0.1, 0.15) is 0 Å². The van der Waals surface area contributed by atoms with Crippen molar-refractivity contribution < 1.29 is 0 Å². The standard InChI is InChI=1S/C9H9B3/c10-4-7-1-8(5-11)3-9(2-7)6-12/h1-3H,4-6H2. The van der Waals surface area contributed by atoms with Crippen LogP contribution in [0.4, 0.5) is 0 Å². The fourth-order valence-corrected chi connectivity index (χ4v) is 1.19. The quantitative estimate of drug-likeness (QED) is 0.555. The summed E-state index contributed by atoms with van der Waals surface area (Å²) in [4.78, 5) is 0. The fraction of sp³-hybridized carbons (Fsp3) is 0.333. The Morgan fingerprint density at radius 2 is 0.917 bits per heavy atom. The van der Waals surface area contributed by atoms with Gasteiger partial charge >= 0.3 is 0 Å². The molecular formula is C9H9B3. The van der Waals surface area contributed by atoms with E-state index in [1.165, 1.54) is 0 Å². The van der Waals surface area contributed by atoms with Crippen LogP contribution in [0.25, 0.3) is 0 Å². The van der Waals surface area contributed by atoms with E-state index in [4.69, 9.17) is 23.5 Å². The minimum Gasteiger partial charge on any atom is -0.0643 e. The molecule has 0 saturated carbocycles. The first-order valence-electron chi connectivity index (χ1n) is 4.02. The third-order valence-electron chi connectivity index (χ3n) is 1.82. The van der Waals surface area contributed by atoms with Crippen LogP contribution in [0.2, 0.25) is 0 Å². The molecule has 1 aromatic rings. The monoisotopic (exact) mass is 150 g/mol. The summed E-state index contributed by atoms with van der Waals surface area (Å²) >= 11 is 0. The Labute approximate surface area is 78.0 Å². The van der Waals surface area contributed by atoms with Gasteiger partial charge in [0.05, 0.1) is 23.5 Å². The van der Waals surface area contributed by atoms with Gasteiger partial charge in [-0.15, -0.1) is 0 Å². The summed E-state index contributed by atoms with van der Waals surface area (Å²) in [5, 5.41) is 0. The van der Waals surface area contributed by atoms with Crippen LogP contribution in [0.15, 0.2) is 18.2 Å². The highest BCUT2D eigenvalue weighted by Gasteiger charge is 1.96. The summed E-state index contributed by atoms with van der Waals surface area (Å²) < 4.78 is 0. The third-order valence-corrected chi connectivity index (χ3v) is 1.82. The zero-order valence-corrected chi connectivity index (χ0v) is 7.09. The van der Waals surface area contributed by atoms with Gasteiger partial charge in [0.25, 0.3) is 0 Å². The molecule has 1 aromatic carbocycles. The molecule has 0 aliphatic heterocycles. The second kappa shape index (κ2) is 4.44. The Kier molecular flexibility index (Phi) is 3.52. The van der Waals surface area contributed by atoms with E-state index >= 15 is 0 Å². The van der Waals surface area contributed by atoms with Crippen LogP contribution >= 0.6 is 0 Å². The molecule has 12 heavy (non-hydrogen) atoms. The van der Waals surface area contributed by atoms with Crippen LogP contribution in [0.5, 0.6) is 0 Å². The van der Waals surface area contributed by atoms with Crippen LogP contribution < -0.4 is 0 Å². The van der Waals surface area contributed by atoms with E-state index in [0.717, 1.165) is 16.7 Å². The van der Waals surface area contributed by atoms with Gasteiger partial charge in [-0.05, 0) is 0 Å². The molecule has 0 saturated heterocycles. The summed E-state index contributed by atoms with van der Waals surface area (Å²) in [7, 11) is 16.5. The second-order valence-corrected chi connectivity index (χ2v) is 2.77. The Bertz CT molecular complexity index is 203. The largest absolute Gasteiger partial charge is 0.0716 e. The first-order chi connectivity index (χ1) is 5.80. The van der Waals surface area contributed by atoms with Crippen molar-refractivity contribution in [1.82, 2.24) is 0 Å². The Morgan fingerprint density at radius 1 is 0.667 bits per heavy atom. The summed E-state index contributed by atoms with van der Waals surface area (Å²) in [5.41, 5.74) is 3.29. The van der Waals surface area contributed by atoms with Crippen molar-refractivity contribution in [2.75, 3.05) is 0 Å². The van der Waals surface area contributed by atoms with Crippen molar-refractivity contribution >= 4 is 23.5 Å². The Balaban J connectivity index is 3.01. The average Bonchev–Trinajstić information content (AvgIpc) is 2.16. The molecule has 0 heterocycles. The number of hydrogen-bond donors (Lipinski definition) is 0. The molecule has 0 aliphatic rings. The van der Waals surface area contributed by atoms with E-state index in [1.807, 2.05) is 18.2 Å². The lowest BCUT2D eigenvalue weighted by molar-refractivity contribution is 1.25. The SMILES string of the molecule is [B]Cc1cc(C[B])cc(C[B])c1. The number of hydrogen-bond acceptors (Lipinski definition) is 0. The third kappa shape index (κ3) is 2.20. The van der Waals surface area contributed by atoms with Gasteiger partial charge in [-0.3, -0.25) is 0 Å². The summed E-state index contributed by atoms with van der Waals surface area (Å²) in [6.07, 6.45) is 1.63. The van der Waals surface area contributed by atoms with E-state index in [1.54, 1.807) is 0 Å². The summed E-state index contributed by atoms with van der Waals surface area (Å²) in [5.74, 6) is 0. The van der Waals surface area contributed by atoms with Crippen molar-refractivity contribution in [2.45, 2.75) is 19.0 Å². The van der Waals surface area contributed by atoms with Gasteiger partial charge in [0, 0.05) is 0 Å². The first kappa shape index (κ1) is 9.50. The molecule has 0 aromatic heterocycles. The molecule has 0 atom stereocenters. The molecule has 0 N–H and O–H groups in total. The van der Waals surface area contributed by atoms with Crippen LogP contribution in [-0.2, 0) is 19.0 Å². The maximum absolute atomic E-state index is 5.52. The van der Waals surface area contributed by atoms with Crippen LogP contribution in [0, 0.1) is 0 Å². The molecule has 0 amide bonds. The maximum Gasteiger partial charge on any atom is 0.0716 e. The molecule has 0 unspecified atom stereocenters. The van der Waals surface area contributed by atoms with Crippen LogP contribution in [0.1, 0.15) is 16.7 Å². The van der Waals surface area contributed by atoms with Crippen molar-refractivity contribution in [3.05, 3.63) is 34.9 Å². The highest BCUT2D eigenvalue weighted by Crippen LogP contribution is 2.10. The van der Waals surface area contributed by atoms with E-state index in [0.29, 0.717) is 19.0 Å². The molecule has 0 fully saturated rings. The van der Waals surface area contributed by atoms with E-state index in [-0.39, 0.29) is 0 Å². The minimum absolute atomic E-state index is 0.542. The van der Waals surface area contributed by atoms with Crippen molar-refractivity contribution in [3.8, 4) is 0 Å². The normalized spacial score (nSPS) is 10.0. The van der Waals surface area contributed by atoms with Crippen LogP contribution in [-0.4, -0.2) is 23.5 Å².